The molecule has 1 saturated heterocycles. The maximum absolute atomic E-state index is 5.45. The number of aromatic nitrogens is 2. The van der Waals surface area contributed by atoms with E-state index >= 15 is 0 Å². The summed E-state index contributed by atoms with van der Waals surface area (Å²) in [6.45, 7) is 9.01. The van der Waals surface area contributed by atoms with Gasteiger partial charge in [-0.15, -0.1) is 0 Å². The van der Waals surface area contributed by atoms with Crippen LogP contribution in [-0.2, 0) is 17.7 Å². The van der Waals surface area contributed by atoms with E-state index in [0.29, 0.717) is 6.04 Å². The molecule has 0 spiro atoms. The zero-order valence-electron chi connectivity index (χ0n) is 13.8. The molecule has 1 aromatic rings. The highest BCUT2D eigenvalue weighted by Gasteiger charge is 2.21. The minimum atomic E-state index is 0.552. The third-order valence-electron chi connectivity index (χ3n) is 4.19. The van der Waals surface area contributed by atoms with Crippen molar-refractivity contribution in [3.63, 3.8) is 0 Å². The summed E-state index contributed by atoms with van der Waals surface area (Å²) in [5.74, 6) is 1.11. The van der Waals surface area contributed by atoms with Crippen LogP contribution in [0.15, 0.2) is 6.20 Å². The molecule has 1 aromatic heterocycles. The van der Waals surface area contributed by atoms with E-state index in [-0.39, 0.29) is 0 Å². The van der Waals surface area contributed by atoms with E-state index in [9.17, 15) is 0 Å². The molecule has 5 heteroatoms. The summed E-state index contributed by atoms with van der Waals surface area (Å²) in [6, 6.07) is 0.552. The van der Waals surface area contributed by atoms with E-state index in [1.165, 1.54) is 18.5 Å². The van der Waals surface area contributed by atoms with Gasteiger partial charge in [0.1, 0.15) is 0 Å². The molecule has 1 N–H and O–H groups in total. The van der Waals surface area contributed by atoms with Crippen molar-refractivity contribution in [2.24, 2.45) is 0 Å². The number of hydrogen-bond donors (Lipinski definition) is 1. The number of rotatable bonds is 8. The van der Waals surface area contributed by atoms with Crippen LogP contribution in [-0.4, -0.2) is 48.9 Å². The van der Waals surface area contributed by atoms with Crippen molar-refractivity contribution in [1.82, 2.24) is 14.9 Å². The first-order valence-electron chi connectivity index (χ1n) is 8.33. The van der Waals surface area contributed by atoms with Gasteiger partial charge in [-0.05, 0) is 39.2 Å². The molecule has 0 radical (unpaired) electrons. The molecule has 21 heavy (non-hydrogen) atoms. The number of imidazole rings is 1. The molecule has 5 nitrogen and oxygen atoms in total. The first-order chi connectivity index (χ1) is 10.3. The number of piperidine rings is 1. The Morgan fingerprint density at radius 1 is 1.48 bits per heavy atom. The van der Waals surface area contributed by atoms with Crippen LogP contribution in [0.3, 0.4) is 0 Å². The van der Waals surface area contributed by atoms with Gasteiger partial charge in [0.25, 0.3) is 0 Å². The molecule has 1 aliphatic rings. The average molecular weight is 294 g/mol. The molecule has 1 aliphatic heterocycles. The highest BCUT2D eigenvalue weighted by molar-refractivity contribution is 5.34. The van der Waals surface area contributed by atoms with Gasteiger partial charge in [-0.25, -0.2) is 4.98 Å². The lowest BCUT2D eigenvalue weighted by Crippen LogP contribution is -2.45. The number of nitrogens with zero attached hydrogens (tertiary/aromatic N) is 3. The molecule has 2 heterocycles. The molecule has 120 valence electrons. The fourth-order valence-corrected chi connectivity index (χ4v) is 2.88. The molecule has 2 rings (SSSR count). The topological polar surface area (TPSA) is 42.3 Å². The van der Waals surface area contributed by atoms with Gasteiger partial charge in [0.2, 0.25) is 5.95 Å². The second-order valence-electron chi connectivity index (χ2n) is 5.74. The lowest BCUT2D eigenvalue weighted by molar-refractivity contribution is 0.141. The van der Waals surface area contributed by atoms with E-state index in [4.69, 9.17) is 9.72 Å². The standard InChI is InChI=1S/C16H30N4O/c1-4-14-13-20(10-7-11-21-5-2)16(18-14)19(3)15-8-6-9-17-12-15/h13,15,17H,4-12H2,1-3H3. The first kappa shape index (κ1) is 16.3. The van der Waals surface area contributed by atoms with E-state index in [0.717, 1.165) is 51.6 Å². The van der Waals surface area contributed by atoms with Gasteiger partial charge in [-0.3, -0.25) is 0 Å². The highest BCUT2D eigenvalue weighted by atomic mass is 16.5. The molecule has 0 saturated carbocycles. The van der Waals surface area contributed by atoms with Crippen molar-refractivity contribution >= 4 is 5.95 Å². The molecular weight excluding hydrogens is 264 g/mol. The van der Waals surface area contributed by atoms with Crippen LogP contribution in [0, 0.1) is 0 Å². The number of likely N-dealkylation sites (N-methyl/N-ethyl adjacent to an activating group) is 1. The van der Waals surface area contributed by atoms with Crippen LogP contribution >= 0.6 is 0 Å². The SMILES string of the molecule is CCOCCCn1cc(CC)nc1N(C)C1CCCNC1. The monoisotopic (exact) mass is 294 g/mol. The Hall–Kier alpha value is -1.07. The number of hydrogen-bond acceptors (Lipinski definition) is 4. The molecule has 1 fully saturated rings. The minimum Gasteiger partial charge on any atom is -0.382 e. The molecule has 0 aliphatic carbocycles. The average Bonchev–Trinajstić information content (AvgIpc) is 2.95. The summed E-state index contributed by atoms with van der Waals surface area (Å²) in [4.78, 5) is 7.18. The number of anilines is 1. The van der Waals surface area contributed by atoms with Gasteiger partial charge in [0, 0.05) is 45.6 Å². The van der Waals surface area contributed by atoms with E-state index in [1.54, 1.807) is 0 Å². The maximum Gasteiger partial charge on any atom is 0.205 e. The summed E-state index contributed by atoms with van der Waals surface area (Å²) < 4.78 is 7.75. The fraction of sp³-hybridized carbons (Fsp3) is 0.812. The zero-order chi connectivity index (χ0) is 15.1. The first-order valence-corrected chi connectivity index (χ1v) is 8.33. The Morgan fingerprint density at radius 3 is 3.00 bits per heavy atom. The summed E-state index contributed by atoms with van der Waals surface area (Å²) in [5, 5.41) is 3.49. The van der Waals surface area contributed by atoms with Crippen molar-refractivity contribution in [3.05, 3.63) is 11.9 Å². The van der Waals surface area contributed by atoms with Crippen LogP contribution in [0.25, 0.3) is 0 Å². The lowest BCUT2D eigenvalue weighted by Gasteiger charge is -2.32. The largest absolute Gasteiger partial charge is 0.382 e. The van der Waals surface area contributed by atoms with Crippen molar-refractivity contribution < 1.29 is 4.74 Å². The summed E-state index contributed by atoms with van der Waals surface area (Å²) >= 11 is 0. The van der Waals surface area contributed by atoms with Gasteiger partial charge in [0.05, 0.1) is 5.69 Å². The van der Waals surface area contributed by atoms with Crippen LogP contribution in [0.2, 0.25) is 0 Å². The van der Waals surface area contributed by atoms with E-state index in [2.05, 4.69) is 35.0 Å². The van der Waals surface area contributed by atoms with Gasteiger partial charge in [-0.2, -0.15) is 0 Å². The number of nitrogens with one attached hydrogen (secondary N) is 1. The van der Waals surface area contributed by atoms with Gasteiger partial charge in [-0.1, -0.05) is 6.92 Å². The normalized spacial score (nSPS) is 18.9. The second-order valence-corrected chi connectivity index (χ2v) is 5.74. The fourth-order valence-electron chi connectivity index (χ4n) is 2.88. The molecule has 1 unspecified atom stereocenters. The number of aryl methyl sites for hydroxylation is 2. The van der Waals surface area contributed by atoms with Crippen molar-refractivity contribution in [1.29, 1.82) is 0 Å². The summed E-state index contributed by atoms with van der Waals surface area (Å²) in [6.07, 6.45) is 6.73. The van der Waals surface area contributed by atoms with Crippen LogP contribution < -0.4 is 10.2 Å². The Morgan fingerprint density at radius 2 is 2.33 bits per heavy atom. The Bertz CT molecular complexity index is 412. The Kier molecular flexibility index (Phi) is 6.51. The molecule has 0 aromatic carbocycles. The van der Waals surface area contributed by atoms with Gasteiger partial charge < -0.3 is 19.5 Å². The third-order valence-corrected chi connectivity index (χ3v) is 4.19. The molecule has 1 atom stereocenters. The predicted octanol–water partition coefficient (Wildman–Crippen LogP) is 2.06. The van der Waals surface area contributed by atoms with E-state index < -0.39 is 0 Å². The minimum absolute atomic E-state index is 0.552. The highest BCUT2D eigenvalue weighted by Crippen LogP contribution is 2.19. The van der Waals surface area contributed by atoms with Gasteiger partial charge >= 0.3 is 0 Å². The van der Waals surface area contributed by atoms with Crippen molar-refractivity contribution in [2.45, 2.75) is 52.1 Å². The van der Waals surface area contributed by atoms with Crippen LogP contribution in [0.5, 0.6) is 0 Å². The molecule has 0 bridgehead atoms. The summed E-state index contributed by atoms with van der Waals surface area (Å²) in [7, 11) is 2.18. The quantitative estimate of drug-likeness (QED) is 0.745. The van der Waals surface area contributed by atoms with Crippen molar-refractivity contribution in [3.8, 4) is 0 Å². The smallest absolute Gasteiger partial charge is 0.205 e. The zero-order valence-corrected chi connectivity index (χ0v) is 13.8. The van der Waals surface area contributed by atoms with Crippen LogP contribution in [0.1, 0.15) is 38.8 Å². The van der Waals surface area contributed by atoms with Gasteiger partial charge in [0.15, 0.2) is 0 Å². The Balaban J connectivity index is 2.03. The predicted molar refractivity (Wildman–Crippen MR) is 87.0 cm³/mol. The maximum atomic E-state index is 5.45. The molecular formula is C16H30N4O. The number of ether oxygens (including phenoxy) is 1. The van der Waals surface area contributed by atoms with E-state index in [1.807, 2.05) is 6.92 Å². The summed E-state index contributed by atoms with van der Waals surface area (Å²) in [5.41, 5.74) is 1.18. The molecule has 0 amide bonds. The Labute approximate surface area is 128 Å². The lowest BCUT2D eigenvalue weighted by atomic mass is 10.1. The third kappa shape index (κ3) is 4.45. The van der Waals surface area contributed by atoms with Crippen molar-refractivity contribution in [2.75, 3.05) is 38.3 Å². The van der Waals surface area contributed by atoms with Crippen LogP contribution in [0.4, 0.5) is 5.95 Å². The second kappa shape index (κ2) is 8.39.